The molecule has 0 spiro atoms. The second-order valence-electron chi connectivity index (χ2n) is 5.05. The van der Waals surface area contributed by atoms with Gasteiger partial charge in [-0.3, -0.25) is 9.79 Å². The lowest BCUT2D eigenvalue weighted by atomic mass is 9.65. The average Bonchev–Trinajstić information content (AvgIpc) is 3.37. The van der Waals surface area contributed by atoms with E-state index in [1.807, 2.05) is 42.5 Å². The summed E-state index contributed by atoms with van der Waals surface area (Å²) in [6, 6.07) is 13.7. The van der Waals surface area contributed by atoms with Crippen molar-refractivity contribution in [2.45, 2.75) is 5.90 Å². The highest BCUT2D eigenvalue weighted by molar-refractivity contribution is 7.04. The summed E-state index contributed by atoms with van der Waals surface area (Å²) in [7, 11) is 0.738. The van der Waals surface area contributed by atoms with Crippen LogP contribution in [0.3, 0.4) is 0 Å². The van der Waals surface area contributed by atoms with E-state index in [4.69, 9.17) is 9.31 Å². The van der Waals surface area contributed by atoms with Gasteiger partial charge in [0, 0.05) is 5.56 Å². The molecule has 2 aliphatic rings. The van der Waals surface area contributed by atoms with Crippen LogP contribution in [0.25, 0.3) is 10.8 Å². The van der Waals surface area contributed by atoms with Gasteiger partial charge in [-0.1, -0.05) is 36.4 Å². The van der Waals surface area contributed by atoms with E-state index in [2.05, 4.69) is 4.99 Å². The van der Waals surface area contributed by atoms with Gasteiger partial charge in [-0.2, -0.15) is 0 Å². The van der Waals surface area contributed by atoms with Crippen LogP contribution in [0, 0.1) is 0 Å². The Morgan fingerprint density at radius 3 is 2.85 bits per heavy atom. The number of ketones is 1. The fourth-order valence-electron chi connectivity index (χ4n) is 2.29. The normalized spacial score (nSPS) is 21.5. The third-order valence-corrected chi connectivity index (χ3v) is 3.58. The molecule has 96 valence electrons. The molecule has 4 nitrogen and oxygen atoms in total. The largest absolute Gasteiger partial charge is 0.545 e. The molecule has 1 unspecified atom stereocenters. The fourth-order valence-corrected chi connectivity index (χ4v) is 2.29. The maximum Gasteiger partial charge on any atom is 0.474 e. The van der Waals surface area contributed by atoms with Crippen molar-refractivity contribution in [3.05, 3.63) is 48.0 Å². The van der Waals surface area contributed by atoms with Crippen LogP contribution in [-0.2, 0) is 9.31 Å². The van der Waals surface area contributed by atoms with Crippen molar-refractivity contribution >= 4 is 36.8 Å². The van der Waals surface area contributed by atoms with E-state index in [1.165, 1.54) is 0 Å². The zero-order chi connectivity index (χ0) is 13.5. The maximum absolute atomic E-state index is 12.1. The van der Waals surface area contributed by atoms with E-state index in [1.54, 1.807) is 0 Å². The molecule has 2 fully saturated rings. The first kappa shape index (κ1) is 11.7. The van der Waals surface area contributed by atoms with Crippen LogP contribution in [0.5, 0.6) is 0 Å². The van der Waals surface area contributed by atoms with Crippen molar-refractivity contribution in [1.82, 2.24) is 0 Å². The number of benzene rings is 2. The lowest BCUT2D eigenvalue weighted by Crippen LogP contribution is -2.07. The number of aliphatic imine (C=N–C) groups is 1. The molecule has 0 bridgehead atoms. The fraction of sp³-hybridized carbons (Fsp3) is 0.143. The van der Waals surface area contributed by atoms with E-state index in [-0.39, 0.29) is 25.1 Å². The summed E-state index contributed by atoms with van der Waals surface area (Å²) in [4.78, 5) is 16.3. The molecule has 2 aliphatic heterocycles. The number of carbonyl (C=O) groups is 1. The van der Waals surface area contributed by atoms with Crippen molar-refractivity contribution in [3.8, 4) is 0 Å². The first-order chi connectivity index (χ1) is 9.81. The van der Waals surface area contributed by atoms with Crippen LogP contribution in [0.1, 0.15) is 10.4 Å². The van der Waals surface area contributed by atoms with Gasteiger partial charge in [0.25, 0.3) is 7.48 Å². The molecule has 0 N–H and O–H groups in total. The molecule has 0 aliphatic carbocycles. The van der Waals surface area contributed by atoms with Crippen molar-refractivity contribution in [3.63, 3.8) is 0 Å². The number of rotatable bonds is 4. The average molecular weight is 263 g/mol. The summed E-state index contributed by atoms with van der Waals surface area (Å²) in [6.45, 7) is 0.135. The zero-order valence-electron chi connectivity index (χ0n) is 10.8. The SMILES string of the molecule is O=C(C/N=C1/OB1C1BO1)c1ccc2ccccc2c1. The Bertz CT molecular complexity index is 727. The Labute approximate surface area is 117 Å². The Morgan fingerprint density at radius 1 is 1.25 bits per heavy atom. The Kier molecular flexibility index (Phi) is 2.63. The number of Topliss-reactive ketones (excluding diaryl/α,β-unsaturated/α-hetero) is 1. The van der Waals surface area contributed by atoms with Crippen LogP contribution in [0.4, 0.5) is 0 Å². The molecule has 2 aromatic carbocycles. The molecule has 2 aromatic rings. The summed E-state index contributed by atoms with van der Waals surface area (Å²) < 4.78 is 10.4. The highest BCUT2D eigenvalue weighted by atomic mass is 16.6. The predicted molar refractivity (Wildman–Crippen MR) is 79.4 cm³/mol. The molecular weight excluding hydrogens is 252 g/mol. The minimum absolute atomic E-state index is 0.000552. The molecule has 2 heterocycles. The second-order valence-corrected chi connectivity index (χ2v) is 5.05. The number of fused-ring (bicyclic) bond motifs is 1. The summed E-state index contributed by atoms with van der Waals surface area (Å²) in [5, 5.41) is 2.20. The topological polar surface area (TPSA) is 54.5 Å². The first-order valence-electron chi connectivity index (χ1n) is 6.66. The van der Waals surface area contributed by atoms with Crippen molar-refractivity contribution in [2.75, 3.05) is 6.54 Å². The van der Waals surface area contributed by atoms with Crippen LogP contribution in [0.2, 0.25) is 0 Å². The molecule has 1 atom stereocenters. The first-order valence-corrected chi connectivity index (χ1v) is 6.66. The third-order valence-electron chi connectivity index (χ3n) is 3.58. The lowest BCUT2D eigenvalue weighted by Gasteiger charge is -2.01. The highest BCUT2D eigenvalue weighted by Crippen LogP contribution is 2.23. The summed E-state index contributed by atoms with van der Waals surface area (Å²) >= 11 is 0. The quantitative estimate of drug-likeness (QED) is 0.473. The number of hydrogen-bond acceptors (Lipinski definition) is 4. The molecule has 2 saturated heterocycles. The van der Waals surface area contributed by atoms with E-state index in [0.29, 0.717) is 11.4 Å². The zero-order valence-corrected chi connectivity index (χ0v) is 10.8. The van der Waals surface area contributed by atoms with Gasteiger partial charge in [0.2, 0.25) is 0 Å². The Balaban J connectivity index is 1.49. The van der Waals surface area contributed by atoms with Gasteiger partial charge in [0.15, 0.2) is 11.6 Å². The predicted octanol–water partition coefficient (Wildman–Crippen LogP) is 1.23. The highest BCUT2D eigenvalue weighted by Gasteiger charge is 2.56. The molecule has 20 heavy (non-hydrogen) atoms. The van der Waals surface area contributed by atoms with Gasteiger partial charge < -0.3 is 9.31 Å². The molecule has 6 heteroatoms. The van der Waals surface area contributed by atoms with Gasteiger partial charge in [-0.25, -0.2) is 0 Å². The van der Waals surface area contributed by atoms with Gasteiger partial charge in [-0.05, 0) is 16.8 Å². The van der Waals surface area contributed by atoms with E-state index >= 15 is 0 Å². The van der Waals surface area contributed by atoms with Crippen LogP contribution < -0.4 is 0 Å². The molecule has 4 rings (SSSR count). The molecule has 0 saturated carbocycles. The van der Waals surface area contributed by atoms with Crippen LogP contribution in [0.15, 0.2) is 47.5 Å². The van der Waals surface area contributed by atoms with Crippen molar-refractivity contribution in [2.24, 2.45) is 4.99 Å². The minimum atomic E-state index is -0.000552. The van der Waals surface area contributed by atoms with E-state index in [9.17, 15) is 4.79 Å². The second kappa shape index (κ2) is 4.49. The van der Waals surface area contributed by atoms with Crippen molar-refractivity contribution in [1.29, 1.82) is 0 Å². The van der Waals surface area contributed by atoms with Crippen LogP contribution in [-0.4, -0.2) is 38.4 Å². The number of hydrogen-bond donors (Lipinski definition) is 0. The molecule has 0 radical (unpaired) electrons. The van der Waals surface area contributed by atoms with Gasteiger partial charge in [0.05, 0.1) is 5.90 Å². The van der Waals surface area contributed by atoms with Gasteiger partial charge in [-0.15, -0.1) is 0 Å². The van der Waals surface area contributed by atoms with Crippen LogP contribution >= 0.6 is 0 Å². The standard InChI is InChI=1S/C14H11B2NO3/c18-12(8-17-14-16(20-14)13-15-19-13)11-6-5-9-3-1-2-4-10(9)7-11/h1-7,13,15H,8H2/b17-14+. The monoisotopic (exact) mass is 263 g/mol. The maximum atomic E-state index is 12.1. The van der Waals surface area contributed by atoms with Crippen molar-refractivity contribution < 1.29 is 14.1 Å². The van der Waals surface area contributed by atoms with Gasteiger partial charge in [0.1, 0.15) is 6.54 Å². The Morgan fingerprint density at radius 2 is 2.05 bits per heavy atom. The molecular formula is C14H11B2NO3. The van der Waals surface area contributed by atoms with E-state index in [0.717, 1.165) is 18.3 Å². The smallest absolute Gasteiger partial charge is 0.474 e. The summed E-state index contributed by atoms with van der Waals surface area (Å²) in [5.41, 5.74) is 0.688. The molecule has 0 amide bonds. The molecule has 0 aromatic heterocycles. The van der Waals surface area contributed by atoms with Gasteiger partial charge >= 0.3 is 6.92 Å². The third kappa shape index (κ3) is 2.23. The van der Waals surface area contributed by atoms with E-state index < -0.39 is 0 Å². The summed E-state index contributed by atoms with van der Waals surface area (Å²) in [6.07, 6.45) is 0. The minimum Gasteiger partial charge on any atom is -0.545 e. The Hall–Kier alpha value is -2.07. The number of nitrogens with zero attached hydrogens (tertiary/aromatic N) is 1. The number of carbonyl (C=O) groups excluding carboxylic acids is 1. The lowest BCUT2D eigenvalue weighted by molar-refractivity contribution is 0.100. The summed E-state index contributed by atoms with van der Waals surface area (Å²) in [5.74, 6) is 0.834.